The summed E-state index contributed by atoms with van der Waals surface area (Å²) in [6, 6.07) is 15.9. The Bertz CT molecular complexity index is 849. The van der Waals surface area contributed by atoms with E-state index in [-0.39, 0.29) is 5.91 Å². The minimum absolute atomic E-state index is 0.0333. The zero-order valence-electron chi connectivity index (χ0n) is 19.3. The summed E-state index contributed by atoms with van der Waals surface area (Å²) < 4.78 is 5.51. The monoisotopic (exact) mass is 425 g/mol. The molecule has 0 spiro atoms. The van der Waals surface area contributed by atoms with Crippen LogP contribution in [-0.4, -0.2) is 62.5 Å². The second-order valence-corrected chi connectivity index (χ2v) is 7.59. The third-order valence-electron chi connectivity index (χ3n) is 4.43. The van der Waals surface area contributed by atoms with E-state index < -0.39 is 0 Å². The fraction of sp³-hybridized carbons (Fsp3) is 0.417. The van der Waals surface area contributed by atoms with Gasteiger partial charge in [0.25, 0.3) is 0 Å². The highest BCUT2D eigenvalue weighted by atomic mass is 16.5. The zero-order valence-corrected chi connectivity index (χ0v) is 19.3. The second kappa shape index (κ2) is 12.6. The fourth-order valence-corrected chi connectivity index (χ4v) is 3.08. The number of rotatable bonds is 10. The van der Waals surface area contributed by atoms with Crippen LogP contribution >= 0.6 is 0 Å². The molecule has 0 radical (unpaired) electrons. The smallest absolute Gasteiger partial charge is 0.238 e. The molecule has 2 rings (SSSR count). The number of ether oxygens (including phenoxy) is 1. The summed E-state index contributed by atoms with van der Waals surface area (Å²) >= 11 is 0. The van der Waals surface area contributed by atoms with Crippen molar-refractivity contribution in [1.29, 1.82) is 0 Å². The van der Waals surface area contributed by atoms with Crippen molar-refractivity contribution in [3.05, 3.63) is 59.7 Å². The Morgan fingerprint density at radius 1 is 1.03 bits per heavy atom. The molecule has 0 unspecified atom stereocenters. The molecule has 0 bridgehead atoms. The van der Waals surface area contributed by atoms with Crippen molar-refractivity contribution < 1.29 is 9.53 Å². The maximum Gasteiger partial charge on any atom is 0.238 e. The Morgan fingerprint density at radius 2 is 1.77 bits per heavy atom. The van der Waals surface area contributed by atoms with E-state index in [9.17, 15) is 4.79 Å². The van der Waals surface area contributed by atoms with Gasteiger partial charge in [0, 0.05) is 25.8 Å². The number of hydrogen-bond donors (Lipinski definition) is 2. The lowest BCUT2D eigenvalue weighted by Crippen LogP contribution is -2.38. The number of guanidine groups is 1. The van der Waals surface area contributed by atoms with Crippen LogP contribution in [0.4, 0.5) is 5.69 Å². The van der Waals surface area contributed by atoms with Crippen LogP contribution in [0, 0.1) is 0 Å². The van der Waals surface area contributed by atoms with Crippen molar-refractivity contribution in [1.82, 2.24) is 15.1 Å². The van der Waals surface area contributed by atoms with Gasteiger partial charge in [-0.25, -0.2) is 4.99 Å². The van der Waals surface area contributed by atoms with Gasteiger partial charge >= 0.3 is 0 Å². The van der Waals surface area contributed by atoms with Crippen molar-refractivity contribution in [2.24, 2.45) is 4.99 Å². The molecule has 31 heavy (non-hydrogen) atoms. The number of benzene rings is 2. The van der Waals surface area contributed by atoms with Crippen LogP contribution in [0.3, 0.4) is 0 Å². The van der Waals surface area contributed by atoms with Crippen LogP contribution in [0.15, 0.2) is 53.5 Å². The topological polar surface area (TPSA) is 69.2 Å². The summed E-state index contributed by atoms with van der Waals surface area (Å²) in [5.74, 6) is 1.68. The van der Waals surface area contributed by atoms with Crippen molar-refractivity contribution in [2.75, 3.05) is 46.2 Å². The first kappa shape index (κ1) is 24.2. The summed E-state index contributed by atoms with van der Waals surface area (Å²) in [5, 5.41) is 6.28. The molecular weight excluding hydrogens is 390 g/mol. The summed E-state index contributed by atoms with van der Waals surface area (Å²) in [7, 11) is 5.77. The largest absolute Gasteiger partial charge is 0.494 e. The Kier molecular flexibility index (Phi) is 9.84. The molecule has 0 heterocycles. The first-order valence-corrected chi connectivity index (χ1v) is 10.7. The van der Waals surface area contributed by atoms with Crippen molar-refractivity contribution in [3.63, 3.8) is 0 Å². The maximum atomic E-state index is 12.0. The predicted molar refractivity (Wildman–Crippen MR) is 128 cm³/mol. The molecule has 0 aliphatic heterocycles. The van der Waals surface area contributed by atoms with E-state index in [1.54, 1.807) is 0 Å². The average Bonchev–Trinajstić information content (AvgIpc) is 2.72. The highest BCUT2D eigenvalue weighted by Gasteiger charge is 2.08. The number of aliphatic imine (C=N–C) groups is 1. The summed E-state index contributed by atoms with van der Waals surface area (Å²) in [5.41, 5.74) is 3.00. The minimum Gasteiger partial charge on any atom is -0.494 e. The molecule has 168 valence electrons. The van der Waals surface area contributed by atoms with Gasteiger partial charge in [-0.05, 0) is 63.3 Å². The number of hydrogen-bond acceptors (Lipinski definition) is 4. The van der Waals surface area contributed by atoms with Gasteiger partial charge < -0.3 is 25.2 Å². The molecule has 0 saturated carbocycles. The van der Waals surface area contributed by atoms with Gasteiger partial charge in [-0.3, -0.25) is 4.79 Å². The number of anilines is 1. The van der Waals surface area contributed by atoms with Gasteiger partial charge in [-0.1, -0.05) is 24.3 Å². The Hall–Kier alpha value is -3.06. The van der Waals surface area contributed by atoms with E-state index in [4.69, 9.17) is 9.73 Å². The lowest BCUT2D eigenvalue weighted by Gasteiger charge is -2.22. The average molecular weight is 426 g/mol. The van der Waals surface area contributed by atoms with Gasteiger partial charge in [0.2, 0.25) is 5.91 Å². The van der Waals surface area contributed by atoms with E-state index in [2.05, 4.69) is 34.6 Å². The second-order valence-electron chi connectivity index (χ2n) is 7.59. The van der Waals surface area contributed by atoms with Crippen molar-refractivity contribution in [3.8, 4) is 5.75 Å². The van der Waals surface area contributed by atoms with E-state index in [0.717, 1.165) is 36.0 Å². The van der Waals surface area contributed by atoms with Gasteiger partial charge in [0.05, 0.1) is 19.7 Å². The van der Waals surface area contributed by atoms with Crippen LogP contribution in [-0.2, 0) is 17.9 Å². The molecule has 0 atom stereocenters. The van der Waals surface area contributed by atoms with Crippen molar-refractivity contribution in [2.45, 2.75) is 26.9 Å². The molecule has 0 aromatic heterocycles. The third-order valence-corrected chi connectivity index (χ3v) is 4.43. The maximum absolute atomic E-state index is 12.0. The molecule has 1 amide bonds. The lowest BCUT2D eigenvalue weighted by molar-refractivity contribution is -0.116. The highest BCUT2D eigenvalue weighted by Crippen LogP contribution is 2.14. The summed E-state index contributed by atoms with van der Waals surface area (Å²) in [6.07, 6.45) is 0. The lowest BCUT2D eigenvalue weighted by atomic mass is 10.2. The van der Waals surface area contributed by atoms with Crippen LogP contribution in [0.5, 0.6) is 5.75 Å². The minimum atomic E-state index is -0.0333. The molecule has 2 aromatic carbocycles. The molecule has 7 heteroatoms. The number of nitrogens with one attached hydrogen (secondary N) is 2. The molecular formula is C24H35N5O2. The Morgan fingerprint density at radius 3 is 2.42 bits per heavy atom. The number of nitrogens with zero attached hydrogens (tertiary/aromatic N) is 3. The number of carbonyl (C=O) groups is 1. The van der Waals surface area contributed by atoms with E-state index in [1.165, 1.54) is 5.56 Å². The third kappa shape index (κ3) is 8.68. The fourth-order valence-electron chi connectivity index (χ4n) is 3.08. The predicted octanol–water partition coefficient (Wildman–Crippen LogP) is 3.18. The van der Waals surface area contributed by atoms with Gasteiger partial charge in [0.1, 0.15) is 5.75 Å². The molecule has 2 N–H and O–H groups in total. The molecule has 0 saturated heterocycles. The molecule has 2 aromatic rings. The van der Waals surface area contributed by atoms with Gasteiger partial charge in [0.15, 0.2) is 5.96 Å². The van der Waals surface area contributed by atoms with Gasteiger partial charge in [-0.2, -0.15) is 0 Å². The number of likely N-dealkylation sites (N-methyl/N-ethyl adjacent to an activating group) is 1. The highest BCUT2D eigenvalue weighted by molar-refractivity contribution is 5.92. The van der Waals surface area contributed by atoms with E-state index >= 15 is 0 Å². The van der Waals surface area contributed by atoms with Crippen LogP contribution in [0.1, 0.15) is 25.0 Å². The number of amides is 1. The van der Waals surface area contributed by atoms with E-state index in [0.29, 0.717) is 19.7 Å². The first-order chi connectivity index (χ1) is 14.9. The standard InChI is InChI=1S/C24H35N5O2/c1-6-25-24(29(5)17-19-11-13-22(14-12-19)31-7-2)26-16-20-9-8-10-21(15-20)27-23(30)18-28(3)4/h8-15H,6-7,16-18H2,1-5H3,(H,25,26)(H,27,30). The Balaban J connectivity index is 2.02. The first-order valence-electron chi connectivity index (χ1n) is 10.7. The van der Waals surface area contributed by atoms with Crippen LogP contribution < -0.4 is 15.4 Å². The van der Waals surface area contributed by atoms with Crippen LogP contribution in [0.25, 0.3) is 0 Å². The molecule has 0 fully saturated rings. The molecule has 7 nitrogen and oxygen atoms in total. The normalized spacial score (nSPS) is 11.4. The molecule has 0 aliphatic rings. The van der Waals surface area contributed by atoms with Gasteiger partial charge in [-0.15, -0.1) is 0 Å². The number of carbonyl (C=O) groups excluding carboxylic acids is 1. The Labute approximate surface area is 186 Å². The van der Waals surface area contributed by atoms with Crippen molar-refractivity contribution >= 4 is 17.6 Å². The summed E-state index contributed by atoms with van der Waals surface area (Å²) in [6.45, 7) is 7.09. The summed E-state index contributed by atoms with van der Waals surface area (Å²) in [4.78, 5) is 20.7. The van der Waals surface area contributed by atoms with Crippen LogP contribution in [0.2, 0.25) is 0 Å². The SMILES string of the molecule is CCNC(=NCc1cccc(NC(=O)CN(C)C)c1)N(C)Cc1ccc(OCC)cc1. The zero-order chi connectivity index (χ0) is 22.6. The van der Waals surface area contributed by atoms with E-state index in [1.807, 2.05) is 69.4 Å². The molecule has 0 aliphatic carbocycles. The quantitative estimate of drug-likeness (QED) is 0.452.